The van der Waals surface area contributed by atoms with Crippen LogP contribution in [0.5, 0.6) is 0 Å². The van der Waals surface area contributed by atoms with E-state index in [0.29, 0.717) is 0 Å². The molecule has 0 amide bonds. The highest BCUT2D eigenvalue weighted by Gasteiger charge is 2.38. The Labute approximate surface area is 178 Å². The van der Waals surface area contributed by atoms with Gasteiger partial charge in [-0.3, -0.25) is 0 Å². The van der Waals surface area contributed by atoms with Crippen LogP contribution in [0.3, 0.4) is 0 Å². The molecule has 2 heterocycles. The molecule has 0 saturated carbocycles. The number of nitrogens with zero attached hydrogens (tertiary/aromatic N) is 3. The summed E-state index contributed by atoms with van der Waals surface area (Å²) in [6, 6.07) is 5.02. The fraction of sp³-hybridized carbons (Fsp3) is 0.647. The number of benzene rings is 1. The maximum atomic E-state index is 13.0. The van der Waals surface area contributed by atoms with E-state index in [1.807, 2.05) is 13.8 Å². The van der Waals surface area contributed by atoms with Gasteiger partial charge >= 0.3 is 0 Å². The molecule has 2 aliphatic rings. The Morgan fingerprint density at radius 2 is 1.17 bits per heavy atom. The van der Waals surface area contributed by atoms with Gasteiger partial charge in [0.25, 0.3) is 10.2 Å². The Morgan fingerprint density at radius 3 is 1.63 bits per heavy atom. The van der Waals surface area contributed by atoms with E-state index in [9.17, 15) is 25.3 Å². The zero-order valence-corrected chi connectivity index (χ0v) is 19.6. The molecule has 0 aliphatic carbocycles. The van der Waals surface area contributed by atoms with Gasteiger partial charge in [-0.1, -0.05) is 0 Å². The number of sulfone groups is 1. The van der Waals surface area contributed by atoms with Crippen LogP contribution in [-0.4, -0.2) is 95.9 Å². The number of morpholine rings is 1. The van der Waals surface area contributed by atoms with Crippen LogP contribution in [0.25, 0.3) is 0 Å². The van der Waals surface area contributed by atoms with E-state index in [-0.39, 0.29) is 61.3 Å². The van der Waals surface area contributed by atoms with Crippen molar-refractivity contribution in [1.82, 2.24) is 12.9 Å². The number of piperazine rings is 1. The average Bonchev–Trinajstić information content (AvgIpc) is 2.67. The second kappa shape index (κ2) is 8.45. The zero-order chi connectivity index (χ0) is 22.3. The molecule has 2 saturated heterocycles. The van der Waals surface area contributed by atoms with Crippen LogP contribution < -0.4 is 0 Å². The molecule has 13 heteroatoms. The molecular weight excluding hydrogens is 454 g/mol. The van der Waals surface area contributed by atoms with Crippen LogP contribution in [0.1, 0.15) is 13.8 Å². The minimum absolute atomic E-state index is 0.0187. The van der Waals surface area contributed by atoms with Gasteiger partial charge in [-0.2, -0.15) is 21.3 Å². The maximum Gasteiger partial charge on any atom is 0.282 e. The topological polar surface area (TPSA) is 121 Å². The second-order valence-corrected chi connectivity index (χ2v) is 13.5. The van der Waals surface area contributed by atoms with Gasteiger partial charge in [0, 0.05) is 45.5 Å². The van der Waals surface area contributed by atoms with Gasteiger partial charge in [0.05, 0.1) is 22.0 Å². The third-order valence-corrected chi connectivity index (χ3v) is 10.1. The lowest BCUT2D eigenvalue weighted by Gasteiger charge is -2.39. The van der Waals surface area contributed by atoms with Crippen LogP contribution in [0.15, 0.2) is 34.1 Å². The quantitative estimate of drug-likeness (QED) is 0.568. The molecule has 0 N–H and O–H groups in total. The summed E-state index contributed by atoms with van der Waals surface area (Å²) in [5, 5.41) is 0. The van der Waals surface area contributed by atoms with Crippen molar-refractivity contribution >= 4 is 30.1 Å². The van der Waals surface area contributed by atoms with Gasteiger partial charge in [-0.05, 0) is 38.1 Å². The standard InChI is InChI=1S/C17H27N3O7S3/c1-14-12-20(13-15(2)27-14)30(25,26)19-10-8-18(9-11-19)29(23,24)17-6-4-16(5-7-17)28(3,21)22/h4-7,14-15H,8-13H2,1-3H3. The fourth-order valence-electron chi connectivity index (χ4n) is 3.63. The minimum Gasteiger partial charge on any atom is -0.373 e. The van der Waals surface area contributed by atoms with Crippen molar-refractivity contribution < 1.29 is 30.0 Å². The van der Waals surface area contributed by atoms with Crippen LogP contribution in [0.4, 0.5) is 0 Å². The Morgan fingerprint density at radius 1 is 0.733 bits per heavy atom. The average molecular weight is 482 g/mol. The van der Waals surface area contributed by atoms with Crippen molar-refractivity contribution in [3.05, 3.63) is 24.3 Å². The summed E-state index contributed by atoms with van der Waals surface area (Å²) < 4.78 is 84.3. The molecule has 2 aliphatic heterocycles. The Kier molecular flexibility index (Phi) is 6.64. The van der Waals surface area contributed by atoms with E-state index in [2.05, 4.69) is 0 Å². The van der Waals surface area contributed by atoms with Gasteiger partial charge < -0.3 is 4.74 Å². The fourth-order valence-corrected chi connectivity index (χ4v) is 7.43. The second-order valence-electron chi connectivity index (χ2n) is 7.63. The highest BCUT2D eigenvalue weighted by Crippen LogP contribution is 2.23. The normalized spacial score (nSPS) is 26.0. The van der Waals surface area contributed by atoms with Gasteiger partial charge in [0.1, 0.15) is 0 Å². The first-order chi connectivity index (χ1) is 13.8. The van der Waals surface area contributed by atoms with Gasteiger partial charge in [-0.25, -0.2) is 16.8 Å². The number of rotatable bonds is 5. The Hall–Kier alpha value is -1.09. The highest BCUT2D eigenvalue weighted by molar-refractivity contribution is 7.90. The molecule has 2 fully saturated rings. The zero-order valence-electron chi connectivity index (χ0n) is 17.1. The van der Waals surface area contributed by atoms with Crippen LogP contribution in [0, 0.1) is 0 Å². The highest BCUT2D eigenvalue weighted by atomic mass is 32.2. The van der Waals surface area contributed by atoms with E-state index in [1.54, 1.807) is 0 Å². The van der Waals surface area contributed by atoms with Crippen LogP contribution in [0.2, 0.25) is 0 Å². The lowest BCUT2D eigenvalue weighted by Crippen LogP contribution is -2.57. The van der Waals surface area contributed by atoms with Crippen molar-refractivity contribution in [2.45, 2.75) is 35.8 Å². The van der Waals surface area contributed by atoms with E-state index in [1.165, 1.54) is 37.2 Å². The predicted molar refractivity (Wildman–Crippen MR) is 110 cm³/mol. The summed E-state index contributed by atoms with van der Waals surface area (Å²) in [6.07, 6.45) is 0.631. The summed E-state index contributed by atoms with van der Waals surface area (Å²) in [5.74, 6) is 0. The van der Waals surface area contributed by atoms with Gasteiger partial charge in [-0.15, -0.1) is 0 Å². The lowest BCUT2D eigenvalue weighted by atomic mass is 10.3. The summed E-state index contributed by atoms with van der Waals surface area (Å²) in [4.78, 5) is 0.00775. The first-order valence-electron chi connectivity index (χ1n) is 9.53. The van der Waals surface area contributed by atoms with E-state index < -0.39 is 30.1 Å². The molecule has 0 bridgehead atoms. The maximum absolute atomic E-state index is 13.0. The van der Waals surface area contributed by atoms with Gasteiger partial charge in [0.2, 0.25) is 10.0 Å². The molecule has 0 spiro atoms. The van der Waals surface area contributed by atoms with Crippen LogP contribution >= 0.6 is 0 Å². The van der Waals surface area contributed by atoms with Crippen molar-refractivity contribution in [1.29, 1.82) is 0 Å². The number of hydrogen-bond acceptors (Lipinski definition) is 7. The van der Waals surface area contributed by atoms with Crippen LogP contribution in [-0.2, 0) is 34.8 Å². The Balaban J connectivity index is 1.70. The van der Waals surface area contributed by atoms with Crippen molar-refractivity contribution in [3.63, 3.8) is 0 Å². The molecule has 1 aromatic rings. The summed E-state index contributed by atoms with van der Waals surface area (Å²) in [5.41, 5.74) is 0. The Bertz CT molecular complexity index is 1070. The summed E-state index contributed by atoms with van der Waals surface area (Å²) in [6.45, 7) is 4.28. The predicted octanol–water partition coefficient (Wildman–Crippen LogP) is -0.250. The van der Waals surface area contributed by atoms with Crippen molar-refractivity contribution in [3.8, 4) is 0 Å². The first kappa shape index (κ1) is 23.6. The monoisotopic (exact) mass is 481 g/mol. The molecule has 3 rings (SSSR count). The number of hydrogen-bond donors (Lipinski definition) is 0. The number of sulfonamides is 1. The largest absolute Gasteiger partial charge is 0.373 e. The van der Waals surface area contributed by atoms with Crippen molar-refractivity contribution in [2.75, 3.05) is 45.5 Å². The molecular formula is C17H27N3O7S3. The molecule has 2 unspecified atom stereocenters. The molecule has 2 atom stereocenters. The third-order valence-electron chi connectivity index (χ3n) is 5.13. The molecule has 1 aromatic carbocycles. The summed E-state index contributed by atoms with van der Waals surface area (Å²) in [7, 11) is -11.0. The molecule has 0 aromatic heterocycles. The summed E-state index contributed by atoms with van der Waals surface area (Å²) >= 11 is 0. The van der Waals surface area contributed by atoms with E-state index in [0.717, 1.165) is 6.26 Å². The molecule has 0 radical (unpaired) electrons. The van der Waals surface area contributed by atoms with E-state index >= 15 is 0 Å². The SMILES string of the molecule is CC1CN(S(=O)(=O)N2CCN(S(=O)(=O)c3ccc(S(C)(=O)=O)cc3)CC2)CC(C)O1. The third kappa shape index (κ3) is 4.87. The lowest BCUT2D eigenvalue weighted by molar-refractivity contribution is -0.0456. The van der Waals surface area contributed by atoms with Gasteiger partial charge in [0.15, 0.2) is 9.84 Å². The molecule has 30 heavy (non-hydrogen) atoms. The smallest absolute Gasteiger partial charge is 0.282 e. The molecule has 170 valence electrons. The number of ether oxygens (including phenoxy) is 1. The van der Waals surface area contributed by atoms with Crippen molar-refractivity contribution in [2.24, 2.45) is 0 Å². The van der Waals surface area contributed by atoms with E-state index in [4.69, 9.17) is 4.74 Å². The minimum atomic E-state index is -3.85. The molecule has 10 nitrogen and oxygen atoms in total. The first-order valence-corrected chi connectivity index (χ1v) is 14.3.